The van der Waals surface area contributed by atoms with Crippen molar-refractivity contribution >= 4 is 35.1 Å². The summed E-state index contributed by atoms with van der Waals surface area (Å²) in [6.07, 6.45) is 1.41. The van der Waals surface area contributed by atoms with Crippen LogP contribution in [0.5, 0.6) is 0 Å². The van der Waals surface area contributed by atoms with Crippen molar-refractivity contribution in [3.05, 3.63) is 23.8 Å². The van der Waals surface area contributed by atoms with Crippen molar-refractivity contribution in [1.82, 2.24) is 4.90 Å². The minimum Gasteiger partial charge on any atom is -0.459 e. The van der Waals surface area contributed by atoms with Crippen molar-refractivity contribution in [3.63, 3.8) is 0 Å². The number of esters is 1. The quantitative estimate of drug-likeness (QED) is 0.614. The lowest BCUT2D eigenvalue weighted by molar-refractivity contribution is -0.152. The van der Waals surface area contributed by atoms with E-state index in [9.17, 15) is 19.2 Å². The molecule has 1 unspecified atom stereocenters. The number of nitrogens with one attached hydrogen (secondary N) is 2. The third-order valence-corrected chi connectivity index (χ3v) is 4.04. The highest BCUT2D eigenvalue weighted by molar-refractivity contribution is 6.37. The van der Waals surface area contributed by atoms with Crippen LogP contribution in [0.1, 0.15) is 30.1 Å². The molecule has 126 valence electrons. The van der Waals surface area contributed by atoms with Crippen molar-refractivity contribution < 1.29 is 23.9 Å². The van der Waals surface area contributed by atoms with E-state index in [-0.39, 0.29) is 29.7 Å². The SMILES string of the molecule is CCOC(=O)C(=O)Nc1ccc2c(c1)C(=O)N1CCCC1C(=O)N2. The lowest BCUT2D eigenvalue weighted by Crippen LogP contribution is -2.40. The van der Waals surface area contributed by atoms with Gasteiger partial charge in [0.15, 0.2) is 0 Å². The molecule has 0 aromatic heterocycles. The van der Waals surface area contributed by atoms with Gasteiger partial charge in [-0.2, -0.15) is 0 Å². The summed E-state index contributed by atoms with van der Waals surface area (Å²) in [5, 5.41) is 5.13. The maximum Gasteiger partial charge on any atom is 0.397 e. The van der Waals surface area contributed by atoms with Gasteiger partial charge in [0.05, 0.1) is 17.9 Å². The summed E-state index contributed by atoms with van der Waals surface area (Å²) in [4.78, 5) is 49.5. The molecular formula is C16H17N3O5. The molecule has 2 aliphatic rings. The van der Waals surface area contributed by atoms with Crippen molar-refractivity contribution in [2.45, 2.75) is 25.8 Å². The van der Waals surface area contributed by atoms with E-state index in [1.165, 1.54) is 23.1 Å². The molecule has 1 fully saturated rings. The molecule has 1 aromatic carbocycles. The highest BCUT2D eigenvalue weighted by atomic mass is 16.5. The molecule has 2 N–H and O–H groups in total. The number of carbonyl (C=O) groups is 4. The van der Waals surface area contributed by atoms with Gasteiger partial charge >= 0.3 is 11.9 Å². The number of hydrogen-bond acceptors (Lipinski definition) is 5. The molecule has 8 heteroatoms. The predicted octanol–water partition coefficient (Wildman–Crippen LogP) is 0.745. The lowest BCUT2D eigenvalue weighted by atomic mass is 10.1. The maximum atomic E-state index is 12.7. The van der Waals surface area contributed by atoms with Crippen molar-refractivity contribution in [2.75, 3.05) is 23.8 Å². The monoisotopic (exact) mass is 331 g/mol. The normalized spacial score (nSPS) is 19.0. The van der Waals surface area contributed by atoms with Crippen LogP contribution in [-0.2, 0) is 19.1 Å². The fraction of sp³-hybridized carbons (Fsp3) is 0.375. The van der Waals surface area contributed by atoms with Crippen LogP contribution >= 0.6 is 0 Å². The third-order valence-electron chi connectivity index (χ3n) is 4.04. The number of rotatable bonds is 2. The number of amides is 3. The van der Waals surface area contributed by atoms with E-state index in [4.69, 9.17) is 0 Å². The van der Waals surface area contributed by atoms with Gasteiger partial charge in [-0.05, 0) is 38.0 Å². The highest BCUT2D eigenvalue weighted by Gasteiger charge is 2.38. The average Bonchev–Trinajstić information content (AvgIpc) is 3.02. The Morgan fingerprint density at radius 3 is 2.92 bits per heavy atom. The number of benzene rings is 1. The highest BCUT2D eigenvalue weighted by Crippen LogP contribution is 2.30. The zero-order chi connectivity index (χ0) is 17.3. The fourth-order valence-corrected chi connectivity index (χ4v) is 2.94. The first-order chi connectivity index (χ1) is 11.5. The van der Waals surface area contributed by atoms with E-state index in [1.54, 1.807) is 6.92 Å². The van der Waals surface area contributed by atoms with Gasteiger partial charge < -0.3 is 20.3 Å². The number of anilines is 2. The van der Waals surface area contributed by atoms with Crippen molar-refractivity contribution in [2.24, 2.45) is 0 Å². The van der Waals surface area contributed by atoms with Gasteiger partial charge in [-0.25, -0.2) is 4.79 Å². The van der Waals surface area contributed by atoms with Crippen LogP contribution in [0.3, 0.4) is 0 Å². The van der Waals surface area contributed by atoms with E-state index in [0.717, 1.165) is 6.42 Å². The van der Waals surface area contributed by atoms with Crippen LogP contribution in [-0.4, -0.2) is 47.8 Å². The van der Waals surface area contributed by atoms with Crippen LogP contribution in [0.15, 0.2) is 18.2 Å². The molecule has 2 aliphatic heterocycles. The van der Waals surface area contributed by atoms with Gasteiger partial charge in [0.2, 0.25) is 5.91 Å². The number of fused-ring (bicyclic) bond motifs is 2. The molecule has 24 heavy (non-hydrogen) atoms. The van der Waals surface area contributed by atoms with Gasteiger partial charge in [0, 0.05) is 12.2 Å². The molecule has 1 saturated heterocycles. The minimum absolute atomic E-state index is 0.0946. The largest absolute Gasteiger partial charge is 0.459 e. The van der Waals surface area contributed by atoms with Crippen molar-refractivity contribution in [3.8, 4) is 0 Å². The predicted molar refractivity (Wildman–Crippen MR) is 84.4 cm³/mol. The van der Waals surface area contributed by atoms with E-state index in [1.807, 2.05) is 0 Å². The summed E-state index contributed by atoms with van der Waals surface area (Å²) in [5.41, 5.74) is 0.968. The fourth-order valence-electron chi connectivity index (χ4n) is 2.94. The summed E-state index contributed by atoms with van der Waals surface area (Å²) in [7, 11) is 0. The van der Waals surface area contributed by atoms with Gasteiger partial charge in [0.1, 0.15) is 6.04 Å². The van der Waals surface area contributed by atoms with E-state index < -0.39 is 17.9 Å². The Labute approximate surface area is 138 Å². The molecule has 1 atom stereocenters. The van der Waals surface area contributed by atoms with Crippen LogP contribution in [0.4, 0.5) is 11.4 Å². The second-order valence-electron chi connectivity index (χ2n) is 5.58. The molecule has 1 aromatic rings. The van der Waals surface area contributed by atoms with Crippen LogP contribution < -0.4 is 10.6 Å². The summed E-state index contributed by atoms with van der Waals surface area (Å²) in [6, 6.07) is 4.05. The van der Waals surface area contributed by atoms with E-state index >= 15 is 0 Å². The molecule has 0 spiro atoms. The summed E-state index contributed by atoms with van der Waals surface area (Å²) in [5.74, 6) is -2.38. The Bertz CT molecular complexity index is 730. The van der Waals surface area contributed by atoms with Gasteiger partial charge in [-0.1, -0.05) is 0 Å². The number of hydrogen-bond donors (Lipinski definition) is 2. The second kappa shape index (κ2) is 6.31. The van der Waals surface area contributed by atoms with Gasteiger partial charge in [-0.3, -0.25) is 14.4 Å². The minimum atomic E-state index is -0.994. The summed E-state index contributed by atoms with van der Waals surface area (Å²) < 4.78 is 4.62. The molecular weight excluding hydrogens is 314 g/mol. The standard InChI is InChI=1S/C16H17N3O5/c1-2-24-16(23)14(21)17-9-5-6-11-10(8-9)15(22)19-7-3-4-12(19)13(20)18-11/h5-6,8,12H,2-4,7H2,1H3,(H,17,21)(H,18,20). The molecule has 0 aliphatic carbocycles. The first kappa shape index (κ1) is 16.0. The second-order valence-corrected chi connectivity index (χ2v) is 5.58. The maximum absolute atomic E-state index is 12.7. The van der Waals surface area contributed by atoms with Crippen molar-refractivity contribution in [1.29, 1.82) is 0 Å². The lowest BCUT2D eigenvalue weighted by Gasteiger charge is -2.20. The molecule has 2 heterocycles. The van der Waals surface area contributed by atoms with E-state index in [0.29, 0.717) is 18.7 Å². The Hall–Kier alpha value is -2.90. The Kier molecular flexibility index (Phi) is 4.20. The number of ether oxygens (including phenoxy) is 1. The molecule has 0 bridgehead atoms. The topological polar surface area (TPSA) is 105 Å². The zero-order valence-electron chi connectivity index (χ0n) is 13.1. The molecule has 3 rings (SSSR count). The molecule has 8 nitrogen and oxygen atoms in total. The van der Waals surface area contributed by atoms with E-state index in [2.05, 4.69) is 15.4 Å². The third kappa shape index (κ3) is 2.82. The van der Waals surface area contributed by atoms with Crippen LogP contribution in [0, 0.1) is 0 Å². The summed E-state index contributed by atoms with van der Waals surface area (Å²) >= 11 is 0. The Morgan fingerprint density at radius 1 is 1.38 bits per heavy atom. The Balaban J connectivity index is 1.86. The van der Waals surface area contributed by atoms with Gasteiger partial charge in [0.25, 0.3) is 5.91 Å². The first-order valence-corrected chi connectivity index (χ1v) is 7.75. The number of carbonyl (C=O) groups excluding carboxylic acids is 4. The number of nitrogens with zero attached hydrogens (tertiary/aromatic N) is 1. The van der Waals surface area contributed by atoms with Crippen LogP contribution in [0.25, 0.3) is 0 Å². The smallest absolute Gasteiger partial charge is 0.397 e. The first-order valence-electron chi connectivity index (χ1n) is 7.75. The Morgan fingerprint density at radius 2 is 2.17 bits per heavy atom. The van der Waals surface area contributed by atoms with Crippen LogP contribution in [0.2, 0.25) is 0 Å². The summed E-state index contributed by atoms with van der Waals surface area (Å²) in [6.45, 7) is 2.22. The molecule has 0 radical (unpaired) electrons. The molecule has 3 amide bonds. The average molecular weight is 331 g/mol. The zero-order valence-corrected chi connectivity index (χ0v) is 13.1. The molecule has 0 saturated carbocycles. The van der Waals surface area contributed by atoms with Gasteiger partial charge in [-0.15, -0.1) is 0 Å².